The van der Waals surface area contributed by atoms with Gasteiger partial charge in [-0.25, -0.2) is 13.1 Å². The Hall–Kier alpha value is -1.60. The highest BCUT2D eigenvalue weighted by molar-refractivity contribution is 7.89. The molecule has 0 saturated carbocycles. The minimum atomic E-state index is -3.71. The van der Waals surface area contributed by atoms with Crippen molar-refractivity contribution in [3.63, 3.8) is 0 Å². The van der Waals surface area contributed by atoms with Crippen LogP contribution in [0.1, 0.15) is 5.56 Å². The van der Waals surface area contributed by atoms with Crippen LogP contribution in [0.5, 0.6) is 0 Å². The lowest BCUT2D eigenvalue weighted by molar-refractivity contribution is -0.119. The molecule has 0 radical (unpaired) electrons. The molecule has 0 heterocycles. The van der Waals surface area contributed by atoms with E-state index in [0.717, 1.165) is 0 Å². The molecule has 1 aromatic rings. The Morgan fingerprint density at radius 3 is 2.65 bits per heavy atom. The molecule has 1 aromatic carbocycles. The van der Waals surface area contributed by atoms with Crippen LogP contribution in [0.3, 0.4) is 0 Å². The summed E-state index contributed by atoms with van der Waals surface area (Å²) in [5.74, 6) is -0.407. The lowest BCUT2D eigenvalue weighted by atomic mass is 10.2. The zero-order chi connectivity index (χ0) is 13.1. The molecule has 0 bridgehead atoms. The fourth-order valence-corrected chi connectivity index (χ4v) is 2.50. The molecule has 1 rings (SSSR count). The molecule has 17 heavy (non-hydrogen) atoms. The molecule has 0 aliphatic carbocycles. The van der Waals surface area contributed by atoms with E-state index in [-0.39, 0.29) is 11.4 Å². The van der Waals surface area contributed by atoms with Crippen LogP contribution in [0.4, 0.5) is 5.69 Å². The van der Waals surface area contributed by atoms with Gasteiger partial charge in [-0.2, -0.15) is 0 Å². The van der Waals surface area contributed by atoms with Crippen molar-refractivity contribution >= 4 is 21.6 Å². The van der Waals surface area contributed by atoms with Gasteiger partial charge in [0, 0.05) is 12.7 Å². The van der Waals surface area contributed by atoms with E-state index in [1.165, 1.54) is 13.1 Å². The lowest BCUT2D eigenvalue weighted by Gasteiger charge is -2.10. The van der Waals surface area contributed by atoms with Crippen molar-refractivity contribution in [3.8, 4) is 0 Å². The first-order chi connectivity index (χ1) is 7.88. The molecule has 0 saturated heterocycles. The van der Waals surface area contributed by atoms with Crippen molar-refractivity contribution in [1.82, 2.24) is 10.0 Å². The topological polar surface area (TPSA) is 101 Å². The van der Waals surface area contributed by atoms with Crippen LogP contribution < -0.4 is 15.8 Å². The van der Waals surface area contributed by atoms with E-state index < -0.39 is 15.9 Å². The normalized spacial score (nSPS) is 11.2. The molecule has 0 aromatic heterocycles. The van der Waals surface area contributed by atoms with E-state index in [0.29, 0.717) is 11.3 Å². The maximum atomic E-state index is 11.9. The van der Waals surface area contributed by atoms with Gasteiger partial charge in [0.15, 0.2) is 0 Å². The number of nitrogens with two attached hydrogens (primary N) is 1. The highest BCUT2D eigenvalue weighted by atomic mass is 32.2. The number of nitrogen functional groups attached to an aromatic ring is 1. The first-order valence-corrected chi connectivity index (χ1v) is 6.42. The standard InChI is InChI=1S/C10H15N3O3S/c1-7-8(11)4-3-5-9(7)17(15,16)13-6-10(14)12-2/h3-5,13H,6,11H2,1-2H3,(H,12,14). The molecule has 0 spiro atoms. The maximum absolute atomic E-state index is 11.9. The summed E-state index contributed by atoms with van der Waals surface area (Å²) >= 11 is 0. The van der Waals surface area contributed by atoms with E-state index in [1.54, 1.807) is 19.1 Å². The Kier molecular flexibility index (Phi) is 4.08. The Morgan fingerprint density at radius 2 is 2.06 bits per heavy atom. The first kappa shape index (κ1) is 13.5. The molecule has 0 aliphatic heterocycles. The smallest absolute Gasteiger partial charge is 0.241 e. The highest BCUT2D eigenvalue weighted by Crippen LogP contribution is 2.19. The molecular weight excluding hydrogens is 242 g/mol. The summed E-state index contributed by atoms with van der Waals surface area (Å²) in [4.78, 5) is 11.1. The first-order valence-electron chi connectivity index (χ1n) is 4.94. The zero-order valence-electron chi connectivity index (χ0n) is 9.65. The number of carbonyl (C=O) groups is 1. The van der Waals surface area contributed by atoms with Crippen LogP contribution in [0, 0.1) is 6.92 Å². The Bertz CT molecular complexity index is 526. The van der Waals surface area contributed by atoms with Crippen LogP contribution in [0.15, 0.2) is 23.1 Å². The molecule has 6 nitrogen and oxygen atoms in total. The van der Waals surface area contributed by atoms with Gasteiger partial charge in [-0.3, -0.25) is 4.79 Å². The van der Waals surface area contributed by atoms with Gasteiger partial charge in [-0.15, -0.1) is 0 Å². The Morgan fingerprint density at radius 1 is 1.41 bits per heavy atom. The molecule has 0 atom stereocenters. The average Bonchev–Trinajstić information content (AvgIpc) is 2.29. The van der Waals surface area contributed by atoms with Gasteiger partial charge in [0.2, 0.25) is 15.9 Å². The molecule has 0 fully saturated rings. The molecule has 94 valence electrons. The van der Waals surface area contributed by atoms with E-state index >= 15 is 0 Å². The fraction of sp³-hybridized carbons (Fsp3) is 0.300. The van der Waals surface area contributed by atoms with Gasteiger partial charge in [-0.05, 0) is 24.6 Å². The minimum Gasteiger partial charge on any atom is -0.398 e. The Balaban J connectivity index is 2.98. The second-order valence-electron chi connectivity index (χ2n) is 3.47. The zero-order valence-corrected chi connectivity index (χ0v) is 10.5. The summed E-state index contributed by atoms with van der Waals surface area (Å²) in [5, 5.41) is 2.32. The van der Waals surface area contributed by atoms with Gasteiger partial charge in [0.25, 0.3) is 0 Å². The van der Waals surface area contributed by atoms with Crippen molar-refractivity contribution < 1.29 is 13.2 Å². The van der Waals surface area contributed by atoms with Crippen LogP contribution in [-0.2, 0) is 14.8 Å². The number of hydrogen-bond donors (Lipinski definition) is 3. The van der Waals surface area contributed by atoms with Crippen molar-refractivity contribution in [2.24, 2.45) is 0 Å². The summed E-state index contributed by atoms with van der Waals surface area (Å²) in [6.07, 6.45) is 0. The Labute approximate surface area is 100 Å². The number of carbonyl (C=O) groups excluding carboxylic acids is 1. The minimum absolute atomic E-state index is 0.0846. The van der Waals surface area contributed by atoms with Crippen LogP contribution in [0.25, 0.3) is 0 Å². The van der Waals surface area contributed by atoms with Crippen molar-refractivity contribution in [2.45, 2.75) is 11.8 Å². The number of rotatable bonds is 4. The predicted octanol–water partition coefficient (Wildman–Crippen LogP) is -0.398. The summed E-state index contributed by atoms with van der Waals surface area (Å²) in [6.45, 7) is 1.32. The quantitative estimate of drug-likeness (QED) is 0.639. The molecule has 4 N–H and O–H groups in total. The third-order valence-electron chi connectivity index (χ3n) is 2.32. The maximum Gasteiger partial charge on any atom is 0.241 e. The summed E-state index contributed by atoms with van der Waals surface area (Å²) in [6, 6.07) is 4.61. The van der Waals surface area contributed by atoms with Crippen LogP contribution >= 0.6 is 0 Å². The predicted molar refractivity (Wildman–Crippen MR) is 64.8 cm³/mol. The van der Waals surface area contributed by atoms with Gasteiger partial charge < -0.3 is 11.1 Å². The highest BCUT2D eigenvalue weighted by Gasteiger charge is 2.18. The van der Waals surface area contributed by atoms with Gasteiger partial charge >= 0.3 is 0 Å². The number of nitrogens with one attached hydrogen (secondary N) is 2. The second kappa shape index (κ2) is 5.15. The number of sulfonamides is 1. The molecular formula is C10H15N3O3S. The van der Waals surface area contributed by atoms with Crippen molar-refractivity contribution in [1.29, 1.82) is 0 Å². The van der Waals surface area contributed by atoms with E-state index in [9.17, 15) is 13.2 Å². The average molecular weight is 257 g/mol. The molecule has 1 amide bonds. The van der Waals surface area contributed by atoms with E-state index in [2.05, 4.69) is 10.0 Å². The fourth-order valence-electron chi connectivity index (χ4n) is 1.25. The molecule has 7 heteroatoms. The largest absolute Gasteiger partial charge is 0.398 e. The number of anilines is 1. The van der Waals surface area contributed by atoms with Crippen LogP contribution in [0.2, 0.25) is 0 Å². The van der Waals surface area contributed by atoms with Gasteiger partial charge in [0.1, 0.15) is 0 Å². The summed E-state index contributed by atoms with van der Waals surface area (Å²) in [5.41, 5.74) is 6.49. The summed E-state index contributed by atoms with van der Waals surface area (Å²) < 4.78 is 26.0. The van der Waals surface area contributed by atoms with Crippen molar-refractivity contribution in [3.05, 3.63) is 23.8 Å². The van der Waals surface area contributed by atoms with E-state index in [4.69, 9.17) is 5.73 Å². The molecule has 0 unspecified atom stereocenters. The third-order valence-corrected chi connectivity index (χ3v) is 3.86. The number of benzene rings is 1. The molecule has 0 aliphatic rings. The van der Waals surface area contributed by atoms with Crippen molar-refractivity contribution in [2.75, 3.05) is 19.3 Å². The number of amides is 1. The second-order valence-corrected chi connectivity index (χ2v) is 5.20. The van der Waals surface area contributed by atoms with Gasteiger partial charge in [0.05, 0.1) is 11.4 Å². The summed E-state index contributed by atoms with van der Waals surface area (Å²) in [7, 11) is -2.28. The number of hydrogen-bond acceptors (Lipinski definition) is 4. The van der Waals surface area contributed by atoms with Gasteiger partial charge in [-0.1, -0.05) is 6.07 Å². The monoisotopic (exact) mass is 257 g/mol. The third kappa shape index (κ3) is 3.18. The number of likely N-dealkylation sites (N-methyl/N-ethyl adjacent to an activating group) is 1. The SMILES string of the molecule is CNC(=O)CNS(=O)(=O)c1cccc(N)c1C. The van der Waals surface area contributed by atoms with Crippen LogP contribution in [-0.4, -0.2) is 27.9 Å². The van der Waals surface area contributed by atoms with E-state index in [1.807, 2.05) is 0 Å². The lowest BCUT2D eigenvalue weighted by Crippen LogP contribution is -2.35.